The molecule has 1 heterocycles. The molecule has 1 fully saturated rings. The smallest absolute Gasteiger partial charge is 0.394 e. The van der Waals surface area contributed by atoms with Gasteiger partial charge in [0.25, 0.3) is 0 Å². The van der Waals surface area contributed by atoms with E-state index < -0.39 is 11.9 Å². The van der Waals surface area contributed by atoms with Gasteiger partial charge in [0, 0.05) is 31.9 Å². The van der Waals surface area contributed by atoms with Gasteiger partial charge in [-0.1, -0.05) is 42.5 Å². The van der Waals surface area contributed by atoms with Crippen LogP contribution in [0.25, 0.3) is 11.1 Å². The molecule has 1 N–H and O–H groups in total. The van der Waals surface area contributed by atoms with E-state index in [2.05, 4.69) is 41.3 Å². The average Bonchev–Trinajstić information content (AvgIpc) is 2.62. The minimum Gasteiger partial charge on any atom is -0.474 e. The van der Waals surface area contributed by atoms with E-state index in [0.717, 1.165) is 11.3 Å². The lowest BCUT2D eigenvalue weighted by molar-refractivity contribution is -0.156. The molecule has 1 amide bonds. The number of hydrogen-bond donors (Lipinski definition) is 1. The van der Waals surface area contributed by atoms with Gasteiger partial charge in [-0.15, -0.1) is 0 Å². The molecule has 5 nitrogen and oxygen atoms in total. The molecule has 1 aliphatic heterocycles. The van der Waals surface area contributed by atoms with Gasteiger partial charge in [-0.2, -0.15) is 0 Å². The van der Waals surface area contributed by atoms with Crippen molar-refractivity contribution in [2.24, 2.45) is 0 Å². The van der Waals surface area contributed by atoms with Gasteiger partial charge in [-0.05, 0) is 23.3 Å². The van der Waals surface area contributed by atoms with Crippen LogP contribution in [0.15, 0.2) is 54.6 Å². The molecule has 0 saturated carbocycles. The maximum Gasteiger partial charge on any atom is 0.394 e. The highest BCUT2D eigenvalue weighted by molar-refractivity contribution is 6.31. The molecule has 23 heavy (non-hydrogen) atoms. The molecule has 5 heteroatoms. The Morgan fingerprint density at radius 1 is 0.783 bits per heavy atom. The van der Waals surface area contributed by atoms with Crippen LogP contribution < -0.4 is 4.90 Å². The molecule has 0 spiro atoms. The second-order valence-electron chi connectivity index (χ2n) is 5.50. The zero-order valence-electron chi connectivity index (χ0n) is 12.7. The number of carboxylic acids is 1. The van der Waals surface area contributed by atoms with Crippen LogP contribution in [0, 0.1) is 0 Å². The highest BCUT2D eigenvalue weighted by atomic mass is 16.4. The number of carbonyl (C=O) groups excluding carboxylic acids is 1. The fraction of sp³-hybridized carbons (Fsp3) is 0.222. The van der Waals surface area contributed by atoms with Crippen LogP contribution in [0.5, 0.6) is 0 Å². The highest BCUT2D eigenvalue weighted by Gasteiger charge is 2.25. The summed E-state index contributed by atoms with van der Waals surface area (Å²) < 4.78 is 0. The molecule has 2 aromatic rings. The predicted molar refractivity (Wildman–Crippen MR) is 88.3 cm³/mol. The minimum atomic E-state index is -1.38. The Morgan fingerprint density at radius 2 is 1.35 bits per heavy atom. The number of hydrogen-bond acceptors (Lipinski definition) is 3. The van der Waals surface area contributed by atoms with Crippen molar-refractivity contribution in [3.63, 3.8) is 0 Å². The highest BCUT2D eigenvalue weighted by Crippen LogP contribution is 2.23. The molecule has 0 atom stereocenters. The van der Waals surface area contributed by atoms with Crippen molar-refractivity contribution < 1.29 is 14.7 Å². The third kappa shape index (κ3) is 3.34. The minimum absolute atomic E-state index is 0.436. The molecule has 0 aliphatic carbocycles. The molecule has 1 aliphatic rings. The van der Waals surface area contributed by atoms with Gasteiger partial charge in [-0.3, -0.25) is 4.79 Å². The van der Waals surface area contributed by atoms with E-state index in [1.807, 2.05) is 18.2 Å². The van der Waals surface area contributed by atoms with Gasteiger partial charge in [0.2, 0.25) is 0 Å². The first-order valence-electron chi connectivity index (χ1n) is 7.58. The van der Waals surface area contributed by atoms with Crippen LogP contribution in [0.1, 0.15) is 0 Å². The summed E-state index contributed by atoms with van der Waals surface area (Å²) in [5, 5.41) is 8.75. The van der Waals surface area contributed by atoms with Crippen LogP contribution in [-0.4, -0.2) is 48.1 Å². The summed E-state index contributed by atoms with van der Waals surface area (Å²) in [5.74, 6) is -2.20. The zero-order valence-corrected chi connectivity index (χ0v) is 12.7. The largest absolute Gasteiger partial charge is 0.474 e. The van der Waals surface area contributed by atoms with Crippen LogP contribution in [-0.2, 0) is 9.59 Å². The summed E-state index contributed by atoms with van der Waals surface area (Å²) in [4.78, 5) is 25.7. The first-order chi connectivity index (χ1) is 11.1. The maximum atomic E-state index is 11.5. The fourth-order valence-electron chi connectivity index (χ4n) is 2.80. The maximum absolute atomic E-state index is 11.5. The molecule has 3 rings (SSSR count). The number of rotatable bonds is 2. The summed E-state index contributed by atoms with van der Waals surface area (Å²) in [6.07, 6.45) is 0. The third-order valence-corrected chi connectivity index (χ3v) is 4.09. The lowest BCUT2D eigenvalue weighted by Crippen LogP contribution is -2.50. The molecule has 2 aromatic carbocycles. The topological polar surface area (TPSA) is 60.9 Å². The van der Waals surface area contributed by atoms with E-state index in [9.17, 15) is 9.59 Å². The van der Waals surface area contributed by atoms with Crippen molar-refractivity contribution in [3.8, 4) is 11.1 Å². The van der Waals surface area contributed by atoms with E-state index in [1.54, 1.807) is 0 Å². The number of carbonyl (C=O) groups is 2. The second kappa shape index (κ2) is 6.52. The van der Waals surface area contributed by atoms with E-state index >= 15 is 0 Å². The van der Waals surface area contributed by atoms with Crippen LogP contribution in [0.3, 0.4) is 0 Å². The number of nitrogens with zero attached hydrogens (tertiary/aromatic N) is 2. The SMILES string of the molecule is O=C(O)C(=O)N1CCN(c2ccc(-c3ccccc3)cc2)CC1. The number of carboxylic acid groups (broad SMARTS) is 1. The molecule has 1 saturated heterocycles. The standard InChI is InChI=1S/C18H18N2O3/c21-17(18(22)23)20-12-10-19(11-13-20)16-8-6-15(7-9-16)14-4-2-1-3-5-14/h1-9H,10-13H2,(H,22,23). The van der Waals surface area contributed by atoms with Gasteiger partial charge in [-0.25, -0.2) is 4.79 Å². The van der Waals surface area contributed by atoms with Gasteiger partial charge in [0.15, 0.2) is 0 Å². The van der Waals surface area contributed by atoms with Gasteiger partial charge in [0.05, 0.1) is 0 Å². The van der Waals surface area contributed by atoms with Crippen molar-refractivity contribution >= 4 is 17.6 Å². The quantitative estimate of drug-likeness (QED) is 0.863. The van der Waals surface area contributed by atoms with E-state index in [0.29, 0.717) is 26.2 Å². The molecule has 0 radical (unpaired) electrons. The first-order valence-corrected chi connectivity index (χ1v) is 7.58. The Kier molecular flexibility index (Phi) is 4.28. The van der Waals surface area contributed by atoms with Crippen molar-refractivity contribution in [2.75, 3.05) is 31.1 Å². The predicted octanol–water partition coefficient (Wildman–Crippen LogP) is 2.09. The van der Waals surface area contributed by atoms with Crippen molar-refractivity contribution in [3.05, 3.63) is 54.6 Å². The Morgan fingerprint density at radius 3 is 1.91 bits per heavy atom. The monoisotopic (exact) mass is 310 g/mol. The lowest BCUT2D eigenvalue weighted by Gasteiger charge is -2.35. The molecular formula is C18H18N2O3. The van der Waals surface area contributed by atoms with Crippen molar-refractivity contribution in [2.45, 2.75) is 0 Å². The molecule has 0 unspecified atom stereocenters. The van der Waals surface area contributed by atoms with Crippen LogP contribution in [0.2, 0.25) is 0 Å². The lowest BCUT2D eigenvalue weighted by atomic mass is 10.1. The van der Waals surface area contributed by atoms with Crippen LogP contribution in [0.4, 0.5) is 5.69 Å². The summed E-state index contributed by atoms with van der Waals surface area (Å²) >= 11 is 0. The summed E-state index contributed by atoms with van der Waals surface area (Å²) in [6.45, 7) is 2.16. The number of aliphatic carboxylic acids is 1. The Labute approximate surface area is 134 Å². The third-order valence-electron chi connectivity index (χ3n) is 4.09. The van der Waals surface area contributed by atoms with Crippen LogP contribution >= 0.6 is 0 Å². The van der Waals surface area contributed by atoms with Gasteiger partial charge in [0.1, 0.15) is 0 Å². The van der Waals surface area contributed by atoms with E-state index in [4.69, 9.17) is 5.11 Å². The molecule has 118 valence electrons. The fourth-order valence-corrected chi connectivity index (χ4v) is 2.80. The molecule has 0 bridgehead atoms. The number of anilines is 1. The van der Waals surface area contributed by atoms with Crippen molar-refractivity contribution in [1.82, 2.24) is 4.90 Å². The van der Waals surface area contributed by atoms with Crippen molar-refractivity contribution in [1.29, 1.82) is 0 Å². The summed E-state index contributed by atoms with van der Waals surface area (Å²) in [5.41, 5.74) is 3.43. The summed E-state index contributed by atoms with van der Waals surface area (Å²) in [6, 6.07) is 18.5. The Balaban J connectivity index is 1.65. The Bertz CT molecular complexity index is 690. The number of piperazine rings is 1. The average molecular weight is 310 g/mol. The first kappa shape index (κ1) is 15.1. The summed E-state index contributed by atoms with van der Waals surface area (Å²) in [7, 11) is 0. The Hall–Kier alpha value is -2.82. The van der Waals surface area contributed by atoms with Gasteiger partial charge >= 0.3 is 11.9 Å². The molecule has 0 aromatic heterocycles. The van der Waals surface area contributed by atoms with E-state index in [-0.39, 0.29) is 0 Å². The molecular weight excluding hydrogens is 292 g/mol. The van der Waals surface area contributed by atoms with E-state index in [1.165, 1.54) is 10.5 Å². The second-order valence-corrected chi connectivity index (χ2v) is 5.50. The van der Waals surface area contributed by atoms with Gasteiger partial charge < -0.3 is 14.9 Å². The number of benzene rings is 2. The number of amides is 1. The zero-order chi connectivity index (χ0) is 16.2. The normalized spacial score (nSPS) is 14.6.